The third-order valence-corrected chi connectivity index (χ3v) is 3.72. The molecule has 0 bridgehead atoms. The lowest BCUT2D eigenvalue weighted by Crippen LogP contribution is -2.05. The van der Waals surface area contributed by atoms with Gasteiger partial charge in [-0.15, -0.1) is 0 Å². The van der Waals surface area contributed by atoms with E-state index < -0.39 is 0 Å². The SMILES string of the molecule is NCCCCC(=O)c1cc(-c2ccncc2)n2ncnc(N)c12. The van der Waals surface area contributed by atoms with Crippen molar-refractivity contribution in [2.24, 2.45) is 5.73 Å². The number of aromatic nitrogens is 4. The maximum Gasteiger partial charge on any atom is 0.165 e. The molecule has 0 saturated carbocycles. The molecule has 0 unspecified atom stereocenters. The third kappa shape index (κ3) is 2.91. The summed E-state index contributed by atoms with van der Waals surface area (Å²) in [5, 5.41) is 4.25. The molecule has 0 aliphatic rings. The van der Waals surface area contributed by atoms with Gasteiger partial charge in [-0.25, -0.2) is 9.50 Å². The van der Waals surface area contributed by atoms with E-state index in [1.807, 2.05) is 18.2 Å². The van der Waals surface area contributed by atoms with E-state index in [-0.39, 0.29) is 5.78 Å². The molecule has 0 aliphatic heterocycles. The number of nitrogens with two attached hydrogens (primary N) is 2. The van der Waals surface area contributed by atoms with Crippen molar-refractivity contribution in [2.45, 2.75) is 19.3 Å². The molecule has 0 spiro atoms. The number of hydrogen-bond donors (Lipinski definition) is 2. The van der Waals surface area contributed by atoms with Crippen LogP contribution in [0.2, 0.25) is 0 Å². The number of nitrogens with zero attached hydrogens (tertiary/aromatic N) is 4. The van der Waals surface area contributed by atoms with E-state index >= 15 is 0 Å². The van der Waals surface area contributed by atoms with Gasteiger partial charge in [0.2, 0.25) is 0 Å². The van der Waals surface area contributed by atoms with E-state index in [9.17, 15) is 4.79 Å². The maximum atomic E-state index is 12.6. The number of fused-ring (bicyclic) bond motifs is 1. The summed E-state index contributed by atoms with van der Waals surface area (Å²) in [7, 11) is 0. The summed E-state index contributed by atoms with van der Waals surface area (Å²) in [6, 6.07) is 5.55. The molecule has 3 rings (SSSR count). The van der Waals surface area contributed by atoms with Gasteiger partial charge in [-0.05, 0) is 37.6 Å². The topological polar surface area (TPSA) is 112 Å². The number of anilines is 1. The zero-order chi connectivity index (χ0) is 16.2. The van der Waals surface area contributed by atoms with Gasteiger partial charge in [-0.1, -0.05) is 0 Å². The fourth-order valence-corrected chi connectivity index (χ4v) is 2.57. The summed E-state index contributed by atoms with van der Waals surface area (Å²) in [6.07, 6.45) is 6.78. The maximum absolute atomic E-state index is 12.6. The van der Waals surface area contributed by atoms with Gasteiger partial charge in [-0.2, -0.15) is 5.10 Å². The zero-order valence-electron chi connectivity index (χ0n) is 12.6. The van der Waals surface area contributed by atoms with Gasteiger partial charge in [0.25, 0.3) is 0 Å². The van der Waals surface area contributed by atoms with E-state index in [2.05, 4.69) is 15.1 Å². The molecule has 0 amide bonds. The Morgan fingerprint density at radius 1 is 1.22 bits per heavy atom. The van der Waals surface area contributed by atoms with Gasteiger partial charge in [0, 0.05) is 29.9 Å². The lowest BCUT2D eigenvalue weighted by molar-refractivity contribution is 0.0981. The number of Topliss-reactive ketones (excluding diaryl/α,β-unsaturated/α-hetero) is 1. The quantitative estimate of drug-likeness (QED) is 0.529. The molecule has 0 fully saturated rings. The summed E-state index contributed by atoms with van der Waals surface area (Å²) in [5.74, 6) is 0.320. The van der Waals surface area contributed by atoms with E-state index in [4.69, 9.17) is 11.5 Å². The molecular formula is C16H18N6O. The van der Waals surface area contributed by atoms with Crippen LogP contribution < -0.4 is 11.5 Å². The predicted molar refractivity (Wildman–Crippen MR) is 87.9 cm³/mol. The first-order valence-corrected chi connectivity index (χ1v) is 7.48. The number of rotatable bonds is 6. The Balaban J connectivity index is 2.10. The van der Waals surface area contributed by atoms with Crippen molar-refractivity contribution in [3.8, 4) is 11.3 Å². The van der Waals surface area contributed by atoms with Crippen LogP contribution in [-0.4, -0.2) is 31.9 Å². The largest absolute Gasteiger partial charge is 0.382 e. The van der Waals surface area contributed by atoms with Gasteiger partial charge in [0.15, 0.2) is 11.6 Å². The average molecular weight is 310 g/mol. The van der Waals surface area contributed by atoms with Crippen LogP contribution in [0.4, 0.5) is 5.82 Å². The monoisotopic (exact) mass is 310 g/mol. The molecule has 118 valence electrons. The second kappa shape index (κ2) is 6.53. The summed E-state index contributed by atoms with van der Waals surface area (Å²) < 4.78 is 1.66. The molecule has 0 aliphatic carbocycles. The average Bonchev–Trinajstić information content (AvgIpc) is 2.97. The van der Waals surface area contributed by atoms with Crippen LogP contribution >= 0.6 is 0 Å². The summed E-state index contributed by atoms with van der Waals surface area (Å²) in [6.45, 7) is 0.581. The van der Waals surface area contributed by atoms with Crippen LogP contribution in [0.15, 0.2) is 36.9 Å². The highest BCUT2D eigenvalue weighted by Gasteiger charge is 2.19. The van der Waals surface area contributed by atoms with Crippen LogP contribution in [0.1, 0.15) is 29.6 Å². The van der Waals surface area contributed by atoms with Gasteiger partial charge >= 0.3 is 0 Å². The second-order valence-electron chi connectivity index (χ2n) is 5.25. The molecule has 3 heterocycles. The first-order chi connectivity index (χ1) is 11.2. The van der Waals surface area contributed by atoms with Gasteiger partial charge in [-0.3, -0.25) is 9.78 Å². The fourth-order valence-electron chi connectivity index (χ4n) is 2.57. The van der Waals surface area contributed by atoms with Gasteiger partial charge in [0.1, 0.15) is 11.8 Å². The number of carbonyl (C=O) groups excluding carboxylic acids is 1. The van der Waals surface area contributed by atoms with Crippen molar-refractivity contribution < 1.29 is 4.79 Å². The fraction of sp³-hybridized carbons (Fsp3) is 0.250. The molecule has 0 aromatic carbocycles. The molecule has 3 aromatic rings. The Bertz CT molecular complexity index is 827. The van der Waals surface area contributed by atoms with Crippen LogP contribution in [0.3, 0.4) is 0 Å². The Kier molecular flexibility index (Phi) is 4.29. The third-order valence-electron chi connectivity index (χ3n) is 3.72. The zero-order valence-corrected chi connectivity index (χ0v) is 12.6. The van der Waals surface area contributed by atoms with Crippen molar-refractivity contribution in [1.82, 2.24) is 19.6 Å². The van der Waals surface area contributed by atoms with Crippen molar-refractivity contribution >= 4 is 17.1 Å². The number of carbonyl (C=O) groups is 1. The molecule has 0 atom stereocenters. The Morgan fingerprint density at radius 3 is 2.74 bits per heavy atom. The van der Waals surface area contributed by atoms with Crippen molar-refractivity contribution in [3.05, 3.63) is 42.5 Å². The first-order valence-electron chi connectivity index (χ1n) is 7.48. The van der Waals surface area contributed by atoms with Gasteiger partial charge in [0.05, 0.1) is 5.69 Å². The normalized spacial score (nSPS) is 11.0. The number of nitrogen functional groups attached to an aromatic ring is 1. The molecular weight excluding hydrogens is 292 g/mol. The van der Waals surface area contributed by atoms with Crippen molar-refractivity contribution in [2.75, 3.05) is 12.3 Å². The Labute approximate surface area is 133 Å². The molecule has 4 N–H and O–H groups in total. The second-order valence-corrected chi connectivity index (χ2v) is 5.25. The Morgan fingerprint density at radius 2 is 2.00 bits per heavy atom. The minimum Gasteiger partial charge on any atom is -0.382 e. The molecule has 7 heteroatoms. The highest BCUT2D eigenvalue weighted by molar-refractivity contribution is 6.06. The number of pyridine rings is 1. The molecule has 3 aromatic heterocycles. The van der Waals surface area contributed by atoms with Gasteiger partial charge < -0.3 is 11.5 Å². The van der Waals surface area contributed by atoms with E-state index in [1.54, 1.807) is 16.9 Å². The minimum atomic E-state index is 0.0257. The van der Waals surface area contributed by atoms with Crippen LogP contribution in [0.25, 0.3) is 16.8 Å². The highest BCUT2D eigenvalue weighted by atomic mass is 16.1. The van der Waals surface area contributed by atoms with Crippen molar-refractivity contribution in [1.29, 1.82) is 0 Å². The van der Waals surface area contributed by atoms with Crippen molar-refractivity contribution in [3.63, 3.8) is 0 Å². The summed E-state index contributed by atoms with van der Waals surface area (Å²) >= 11 is 0. The lowest BCUT2D eigenvalue weighted by atomic mass is 10.1. The summed E-state index contributed by atoms with van der Waals surface area (Å²) in [4.78, 5) is 20.6. The smallest absolute Gasteiger partial charge is 0.165 e. The van der Waals surface area contributed by atoms with E-state index in [1.165, 1.54) is 6.33 Å². The summed E-state index contributed by atoms with van der Waals surface area (Å²) in [5.41, 5.74) is 14.3. The molecule has 0 saturated heterocycles. The van der Waals surface area contributed by atoms with E-state index in [0.29, 0.717) is 29.9 Å². The number of ketones is 1. The Hall–Kier alpha value is -2.80. The number of unbranched alkanes of at least 4 members (excludes halogenated alkanes) is 1. The molecule has 7 nitrogen and oxygen atoms in total. The minimum absolute atomic E-state index is 0.0257. The van der Waals surface area contributed by atoms with Crippen LogP contribution in [0, 0.1) is 0 Å². The highest BCUT2D eigenvalue weighted by Crippen LogP contribution is 2.28. The van der Waals surface area contributed by atoms with Crippen LogP contribution in [0.5, 0.6) is 0 Å². The number of hydrogen-bond acceptors (Lipinski definition) is 6. The lowest BCUT2D eigenvalue weighted by Gasteiger charge is -2.03. The standard InChI is InChI=1S/C16H18N6O/c17-6-2-1-3-14(23)12-9-13(11-4-7-19-8-5-11)22-15(12)16(18)20-10-21-22/h4-5,7-10H,1-3,6,17H2,(H2,18,20,21). The predicted octanol–water partition coefficient (Wildman–Crippen LogP) is 1.69. The van der Waals surface area contributed by atoms with E-state index in [0.717, 1.165) is 24.1 Å². The van der Waals surface area contributed by atoms with Crippen LogP contribution in [-0.2, 0) is 0 Å². The molecule has 0 radical (unpaired) electrons. The molecule has 23 heavy (non-hydrogen) atoms. The first kappa shape index (κ1) is 15.1.